The third kappa shape index (κ3) is 3.72. The maximum atomic E-state index is 10.9. The molecule has 2 rings (SSSR count). The van der Waals surface area contributed by atoms with Crippen LogP contribution in [-0.2, 0) is 0 Å². The fourth-order valence-electron chi connectivity index (χ4n) is 2.16. The van der Waals surface area contributed by atoms with Gasteiger partial charge in [-0.25, -0.2) is 0 Å². The smallest absolute Gasteiger partial charge is 0.269 e. The van der Waals surface area contributed by atoms with Crippen LogP contribution in [0.4, 0.5) is 11.4 Å². The first-order valence-corrected chi connectivity index (χ1v) is 6.79. The number of anilines is 1. The van der Waals surface area contributed by atoms with Gasteiger partial charge < -0.3 is 10.1 Å². The number of nitrogens with zero attached hydrogens (tertiary/aromatic N) is 1. The fourth-order valence-corrected chi connectivity index (χ4v) is 2.16. The Balaban J connectivity index is 2.18. The van der Waals surface area contributed by atoms with E-state index in [1.165, 1.54) is 6.07 Å². The highest BCUT2D eigenvalue weighted by Crippen LogP contribution is 2.26. The van der Waals surface area contributed by atoms with E-state index in [0.29, 0.717) is 0 Å². The Morgan fingerprint density at radius 1 is 1.24 bits per heavy atom. The number of hydrogen-bond acceptors (Lipinski definition) is 4. The summed E-state index contributed by atoms with van der Waals surface area (Å²) in [7, 11) is 1.63. The molecule has 0 saturated heterocycles. The van der Waals surface area contributed by atoms with Gasteiger partial charge in [0, 0.05) is 17.8 Å². The topological polar surface area (TPSA) is 64.4 Å². The average molecular weight is 286 g/mol. The summed E-state index contributed by atoms with van der Waals surface area (Å²) in [4.78, 5) is 10.5. The molecule has 1 atom stereocenters. The molecular weight excluding hydrogens is 268 g/mol. The summed E-state index contributed by atoms with van der Waals surface area (Å²) < 4.78 is 5.12. The van der Waals surface area contributed by atoms with Crippen molar-refractivity contribution in [3.8, 4) is 5.75 Å². The Hall–Kier alpha value is -2.56. The van der Waals surface area contributed by atoms with Crippen LogP contribution < -0.4 is 10.1 Å². The molecule has 0 spiro atoms. The molecule has 0 bridgehead atoms. The van der Waals surface area contributed by atoms with Crippen LogP contribution in [0.15, 0.2) is 48.5 Å². The quantitative estimate of drug-likeness (QED) is 0.639. The second-order valence-corrected chi connectivity index (χ2v) is 4.69. The summed E-state index contributed by atoms with van der Waals surface area (Å²) in [6.45, 7) is 2.04. The Bertz CT molecular complexity index is 611. The van der Waals surface area contributed by atoms with Crippen LogP contribution in [0, 0.1) is 10.1 Å². The van der Waals surface area contributed by atoms with E-state index in [4.69, 9.17) is 4.74 Å². The van der Waals surface area contributed by atoms with Crippen LogP contribution >= 0.6 is 0 Å². The van der Waals surface area contributed by atoms with Crippen LogP contribution in [0.1, 0.15) is 24.9 Å². The first-order valence-electron chi connectivity index (χ1n) is 6.79. The second-order valence-electron chi connectivity index (χ2n) is 4.69. The Labute approximate surface area is 123 Å². The maximum absolute atomic E-state index is 10.9. The van der Waals surface area contributed by atoms with Gasteiger partial charge in [0.2, 0.25) is 0 Å². The molecule has 5 heteroatoms. The zero-order valence-electron chi connectivity index (χ0n) is 12.1. The van der Waals surface area contributed by atoms with Gasteiger partial charge in [0.05, 0.1) is 18.1 Å². The maximum Gasteiger partial charge on any atom is 0.269 e. The SMILES string of the molecule is CCC(Nc1ccc(OC)cc1)c1cccc([N+](=O)[O-])c1. The number of ether oxygens (including phenoxy) is 1. The molecule has 5 nitrogen and oxygen atoms in total. The molecule has 2 aromatic carbocycles. The van der Waals surface area contributed by atoms with Crippen molar-refractivity contribution >= 4 is 11.4 Å². The number of hydrogen-bond donors (Lipinski definition) is 1. The van der Waals surface area contributed by atoms with Gasteiger partial charge in [-0.05, 0) is 36.2 Å². The molecule has 110 valence electrons. The van der Waals surface area contributed by atoms with Gasteiger partial charge in [-0.15, -0.1) is 0 Å². The Morgan fingerprint density at radius 3 is 2.52 bits per heavy atom. The summed E-state index contributed by atoms with van der Waals surface area (Å²) in [5.41, 5.74) is 1.97. The molecule has 0 aliphatic heterocycles. The van der Waals surface area contributed by atoms with Gasteiger partial charge in [0.1, 0.15) is 5.75 Å². The molecule has 0 heterocycles. The molecule has 0 saturated carbocycles. The molecule has 21 heavy (non-hydrogen) atoms. The summed E-state index contributed by atoms with van der Waals surface area (Å²) in [5.74, 6) is 0.795. The van der Waals surface area contributed by atoms with Gasteiger partial charge in [-0.2, -0.15) is 0 Å². The first-order chi connectivity index (χ1) is 10.1. The van der Waals surface area contributed by atoms with Crippen molar-refractivity contribution in [1.82, 2.24) is 0 Å². The lowest BCUT2D eigenvalue weighted by Crippen LogP contribution is -2.09. The van der Waals surface area contributed by atoms with Crippen molar-refractivity contribution in [3.63, 3.8) is 0 Å². The third-order valence-corrected chi connectivity index (χ3v) is 3.32. The normalized spacial score (nSPS) is 11.7. The molecule has 0 radical (unpaired) electrons. The van der Waals surface area contributed by atoms with Crippen LogP contribution in [0.5, 0.6) is 5.75 Å². The lowest BCUT2D eigenvalue weighted by molar-refractivity contribution is -0.384. The van der Waals surface area contributed by atoms with Crippen molar-refractivity contribution < 1.29 is 9.66 Å². The molecule has 0 aliphatic carbocycles. The van der Waals surface area contributed by atoms with Crippen molar-refractivity contribution in [1.29, 1.82) is 0 Å². The van der Waals surface area contributed by atoms with Crippen LogP contribution in [0.25, 0.3) is 0 Å². The molecule has 0 aromatic heterocycles. The van der Waals surface area contributed by atoms with E-state index in [9.17, 15) is 10.1 Å². The number of rotatable bonds is 6. The van der Waals surface area contributed by atoms with E-state index in [0.717, 1.165) is 23.4 Å². The monoisotopic (exact) mass is 286 g/mol. The van der Waals surface area contributed by atoms with E-state index in [-0.39, 0.29) is 16.7 Å². The van der Waals surface area contributed by atoms with E-state index in [1.807, 2.05) is 37.3 Å². The zero-order valence-corrected chi connectivity index (χ0v) is 12.1. The van der Waals surface area contributed by atoms with Crippen molar-refractivity contribution in [2.24, 2.45) is 0 Å². The predicted octanol–water partition coefficient (Wildman–Crippen LogP) is 4.17. The minimum atomic E-state index is -0.371. The summed E-state index contributed by atoms with van der Waals surface area (Å²) >= 11 is 0. The van der Waals surface area contributed by atoms with Gasteiger partial charge in [0.25, 0.3) is 5.69 Å². The molecule has 0 amide bonds. The van der Waals surface area contributed by atoms with Gasteiger partial charge in [-0.1, -0.05) is 19.1 Å². The first kappa shape index (κ1) is 14.8. The van der Waals surface area contributed by atoms with Gasteiger partial charge in [-0.3, -0.25) is 10.1 Å². The number of benzene rings is 2. The summed E-state index contributed by atoms with van der Waals surface area (Å²) in [5, 5.41) is 14.2. The van der Waals surface area contributed by atoms with E-state index in [1.54, 1.807) is 19.2 Å². The molecular formula is C16H18N2O3. The fraction of sp³-hybridized carbons (Fsp3) is 0.250. The van der Waals surface area contributed by atoms with E-state index in [2.05, 4.69) is 5.32 Å². The minimum absolute atomic E-state index is 0.0262. The van der Waals surface area contributed by atoms with Crippen molar-refractivity contribution in [2.75, 3.05) is 12.4 Å². The van der Waals surface area contributed by atoms with E-state index < -0.39 is 0 Å². The molecule has 2 aromatic rings. The molecule has 1 unspecified atom stereocenters. The number of non-ortho nitro benzene ring substituents is 1. The lowest BCUT2D eigenvalue weighted by atomic mass is 10.0. The predicted molar refractivity (Wildman–Crippen MR) is 82.7 cm³/mol. The minimum Gasteiger partial charge on any atom is -0.497 e. The Kier molecular flexibility index (Phi) is 4.77. The van der Waals surface area contributed by atoms with Crippen molar-refractivity contribution in [2.45, 2.75) is 19.4 Å². The largest absolute Gasteiger partial charge is 0.497 e. The number of methoxy groups -OCH3 is 1. The third-order valence-electron chi connectivity index (χ3n) is 3.32. The highest BCUT2D eigenvalue weighted by atomic mass is 16.6. The van der Waals surface area contributed by atoms with E-state index >= 15 is 0 Å². The zero-order chi connectivity index (χ0) is 15.2. The molecule has 0 aliphatic rings. The number of nitrogens with one attached hydrogen (secondary N) is 1. The highest BCUT2D eigenvalue weighted by Gasteiger charge is 2.13. The van der Waals surface area contributed by atoms with Gasteiger partial charge >= 0.3 is 0 Å². The summed E-state index contributed by atoms with van der Waals surface area (Å²) in [6, 6.07) is 14.4. The lowest BCUT2D eigenvalue weighted by Gasteiger charge is -2.19. The second kappa shape index (κ2) is 6.74. The Morgan fingerprint density at radius 2 is 1.95 bits per heavy atom. The van der Waals surface area contributed by atoms with Crippen LogP contribution in [-0.4, -0.2) is 12.0 Å². The summed E-state index contributed by atoms with van der Waals surface area (Å²) in [6.07, 6.45) is 0.827. The molecule has 0 fully saturated rings. The highest BCUT2D eigenvalue weighted by molar-refractivity contribution is 5.49. The van der Waals surface area contributed by atoms with Crippen LogP contribution in [0.3, 0.4) is 0 Å². The van der Waals surface area contributed by atoms with Gasteiger partial charge in [0.15, 0.2) is 0 Å². The number of nitro benzene ring substituents is 1. The number of nitro groups is 1. The van der Waals surface area contributed by atoms with Crippen molar-refractivity contribution in [3.05, 3.63) is 64.2 Å². The standard InChI is InChI=1S/C16H18N2O3/c1-3-16(12-5-4-6-14(11-12)18(19)20)17-13-7-9-15(21-2)10-8-13/h4-11,16-17H,3H2,1-2H3. The average Bonchev–Trinajstić information content (AvgIpc) is 2.53. The molecule has 1 N–H and O–H groups in total. The van der Waals surface area contributed by atoms with Crippen LogP contribution in [0.2, 0.25) is 0 Å².